The topological polar surface area (TPSA) is 56.9 Å². The molecule has 0 saturated heterocycles. The molecule has 1 aliphatic rings. The number of carbonyl (C=O) groups excluding carboxylic acids is 1. The average Bonchev–Trinajstić information content (AvgIpc) is 3.04. The predicted octanol–water partition coefficient (Wildman–Crippen LogP) is 5.60. The molecule has 0 saturated carbocycles. The lowest BCUT2D eigenvalue weighted by atomic mass is 9.91. The number of rotatable bonds is 4. The number of benzene rings is 2. The maximum atomic E-state index is 12.8. The summed E-state index contributed by atoms with van der Waals surface area (Å²) in [7, 11) is 0. The van der Waals surface area contributed by atoms with Gasteiger partial charge in [-0.05, 0) is 75.4 Å². The molecule has 0 fully saturated rings. The molecule has 30 heavy (non-hydrogen) atoms. The SMILES string of the molecule is C=C(C)c1cccc(C(C)(C)NC(=O)NC2CCc3c([nH]c4ccc(C)cc34)C2)c1. The highest BCUT2D eigenvalue weighted by molar-refractivity contribution is 5.85. The minimum absolute atomic E-state index is 0.124. The molecular weight excluding hydrogens is 370 g/mol. The van der Waals surface area contributed by atoms with Crippen molar-refractivity contribution in [2.24, 2.45) is 0 Å². The summed E-state index contributed by atoms with van der Waals surface area (Å²) in [5.41, 5.74) is 7.82. The van der Waals surface area contributed by atoms with Crippen LogP contribution >= 0.6 is 0 Å². The Labute approximate surface area is 178 Å². The fourth-order valence-electron chi connectivity index (χ4n) is 4.42. The van der Waals surface area contributed by atoms with Gasteiger partial charge in [0.1, 0.15) is 0 Å². The number of aromatic nitrogens is 1. The summed E-state index contributed by atoms with van der Waals surface area (Å²) < 4.78 is 0. The molecule has 4 heteroatoms. The normalized spacial score (nSPS) is 16.2. The number of H-pyrrole nitrogens is 1. The highest BCUT2D eigenvalue weighted by Crippen LogP contribution is 2.30. The van der Waals surface area contributed by atoms with Gasteiger partial charge in [-0.2, -0.15) is 0 Å². The summed E-state index contributed by atoms with van der Waals surface area (Å²) in [6, 6.07) is 14.8. The van der Waals surface area contributed by atoms with Gasteiger partial charge in [0.05, 0.1) is 5.54 Å². The van der Waals surface area contributed by atoms with E-state index < -0.39 is 5.54 Å². The number of hydrogen-bond acceptors (Lipinski definition) is 1. The summed E-state index contributed by atoms with van der Waals surface area (Å²) >= 11 is 0. The summed E-state index contributed by atoms with van der Waals surface area (Å²) in [4.78, 5) is 16.4. The Morgan fingerprint density at radius 3 is 2.77 bits per heavy atom. The van der Waals surface area contributed by atoms with Gasteiger partial charge >= 0.3 is 6.03 Å². The van der Waals surface area contributed by atoms with Gasteiger partial charge in [0.25, 0.3) is 0 Å². The lowest BCUT2D eigenvalue weighted by Gasteiger charge is -2.30. The standard InChI is InChI=1S/C26H31N3O/c1-16(2)18-7-6-8-19(14-18)26(4,5)29-25(30)27-20-10-11-21-22-13-17(3)9-12-23(22)28-24(21)15-20/h6-9,12-14,20,28H,1,10-11,15H2,2-5H3,(H2,27,29,30). The minimum Gasteiger partial charge on any atom is -0.358 e. The second kappa shape index (κ2) is 7.67. The summed E-state index contributed by atoms with van der Waals surface area (Å²) in [5.74, 6) is 0. The number of aromatic amines is 1. The van der Waals surface area contributed by atoms with Crippen LogP contribution in [0.3, 0.4) is 0 Å². The third-order valence-electron chi connectivity index (χ3n) is 6.18. The number of amides is 2. The molecule has 0 aliphatic heterocycles. The van der Waals surface area contributed by atoms with Crippen LogP contribution in [-0.4, -0.2) is 17.1 Å². The highest BCUT2D eigenvalue weighted by atomic mass is 16.2. The van der Waals surface area contributed by atoms with Gasteiger partial charge in [-0.25, -0.2) is 4.79 Å². The van der Waals surface area contributed by atoms with E-state index in [-0.39, 0.29) is 12.1 Å². The first-order valence-corrected chi connectivity index (χ1v) is 10.7. The van der Waals surface area contributed by atoms with Crippen LogP contribution in [0, 0.1) is 6.92 Å². The van der Waals surface area contributed by atoms with Gasteiger partial charge in [-0.3, -0.25) is 0 Å². The number of urea groups is 1. The number of aryl methyl sites for hydroxylation is 2. The van der Waals surface area contributed by atoms with Gasteiger partial charge in [0.2, 0.25) is 0 Å². The molecule has 0 bridgehead atoms. The number of hydrogen-bond donors (Lipinski definition) is 3. The van der Waals surface area contributed by atoms with Crippen LogP contribution < -0.4 is 10.6 Å². The molecule has 1 aliphatic carbocycles. The van der Waals surface area contributed by atoms with E-state index in [0.29, 0.717) is 0 Å². The third kappa shape index (κ3) is 4.00. The van der Waals surface area contributed by atoms with Gasteiger partial charge in [0.15, 0.2) is 0 Å². The van der Waals surface area contributed by atoms with Crippen molar-refractivity contribution in [3.8, 4) is 0 Å². The molecule has 1 heterocycles. The Balaban J connectivity index is 1.44. The van der Waals surface area contributed by atoms with E-state index in [1.54, 1.807) is 0 Å². The van der Waals surface area contributed by atoms with Crippen molar-refractivity contribution in [2.45, 2.75) is 58.5 Å². The molecule has 156 valence electrons. The van der Waals surface area contributed by atoms with Crippen LogP contribution in [-0.2, 0) is 18.4 Å². The molecule has 2 aromatic carbocycles. The van der Waals surface area contributed by atoms with Gasteiger partial charge < -0.3 is 15.6 Å². The molecule has 1 unspecified atom stereocenters. The molecule has 3 N–H and O–H groups in total. The Hall–Kier alpha value is -3.01. The number of fused-ring (bicyclic) bond motifs is 3. The van der Waals surface area contributed by atoms with Crippen molar-refractivity contribution >= 4 is 22.5 Å². The Morgan fingerprint density at radius 1 is 1.20 bits per heavy atom. The molecule has 0 spiro atoms. The molecular formula is C26H31N3O. The average molecular weight is 402 g/mol. The van der Waals surface area contributed by atoms with E-state index in [9.17, 15) is 4.79 Å². The summed E-state index contributed by atoms with van der Waals surface area (Å²) in [6.07, 6.45) is 2.77. The monoisotopic (exact) mass is 401 g/mol. The summed E-state index contributed by atoms with van der Waals surface area (Å²) in [6.45, 7) is 12.2. The second-order valence-electron chi connectivity index (χ2n) is 9.16. The van der Waals surface area contributed by atoms with E-state index in [1.807, 2.05) is 39.0 Å². The first-order chi connectivity index (χ1) is 14.2. The Kier molecular flexibility index (Phi) is 5.19. The van der Waals surface area contributed by atoms with Gasteiger partial charge in [-0.1, -0.05) is 42.0 Å². The number of allylic oxidation sites excluding steroid dienone is 1. The molecule has 1 aromatic heterocycles. The fraction of sp³-hybridized carbons (Fsp3) is 0.346. The van der Waals surface area contributed by atoms with Crippen molar-refractivity contribution in [1.82, 2.24) is 15.6 Å². The highest BCUT2D eigenvalue weighted by Gasteiger charge is 2.27. The van der Waals surface area contributed by atoms with Crippen molar-refractivity contribution in [3.63, 3.8) is 0 Å². The van der Waals surface area contributed by atoms with E-state index >= 15 is 0 Å². The van der Waals surface area contributed by atoms with Crippen molar-refractivity contribution in [1.29, 1.82) is 0 Å². The lowest BCUT2D eigenvalue weighted by Crippen LogP contribution is -2.50. The molecule has 2 amide bonds. The van der Waals surface area contributed by atoms with Crippen LogP contribution in [0.2, 0.25) is 0 Å². The predicted molar refractivity (Wildman–Crippen MR) is 125 cm³/mol. The maximum Gasteiger partial charge on any atom is 0.315 e. The molecule has 4 rings (SSSR count). The molecule has 0 radical (unpaired) electrons. The zero-order chi connectivity index (χ0) is 21.5. The van der Waals surface area contributed by atoms with E-state index in [4.69, 9.17) is 0 Å². The third-order valence-corrected chi connectivity index (χ3v) is 6.18. The zero-order valence-corrected chi connectivity index (χ0v) is 18.4. The van der Waals surface area contributed by atoms with E-state index in [2.05, 4.69) is 53.4 Å². The number of carbonyl (C=O) groups is 1. The van der Waals surface area contributed by atoms with Crippen LogP contribution in [0.25, 0.3) is 16.5 Å². The van der Waals surface area contributed by atoms with Crippen molar-refractivity contribution < 1.29 is 4.79 Å². The second-order valence-corrected chi connectivity index (χ2v) is 9.16. The van der Waals surface area contributed by atoms with Gasteiger partial charge in [-0.15, -0.1) is 0 Å². The van der Waals surface area contributed by atoms with Crippen molar-refractivity contribution in [3.05, 3.63) is 77.0 Å². The van der Waals surface area contributed by atoms with Crippen LogP contribution in [0.4, 0.5) is 4.79 Å². The van der Waals surface area contributed by atoms with Crippen molar-refractivity contribution in [2.75, 3.05) is 0 Å². The van der Waals surface area contributed by atoms with E-state index in [0.717, 1.165) is 36.0 Å². The smallest absolute Gasteiger partial charge is 0.315 e. The van der Waals surface area contributed by atoms with Crippen LogP contribution in [0.15, 0.2) is 49.0 Å². The molecule has 4 nitrogen and oxygen atoms in total. The Morgan fingerprint density at radius 2 is 2.00 bits per heavy atom. The number of nitrogens with one attached hydrogen (secondary N) is 3. The first-order valence-electron chi connectivity index (χ1n) is 10.7. The van der Waals surface area contributed by atoms with Gasteiger partial charge in [0, 0.05) is 29.1 Å². The quantitative estimate of drug-likeness (QED) is 0.523. The zero-order valence-electron chi connectivity index (χ0n) is 18.4. The first kappa shape index (κ1) is 20.3. The Bertz CT molecular complexity index is 1120. The maximum absolute atomic E-state index is 12.8. The van der Waals surface area contributed by atoms with Crippen LogP contribution in [0.1, 0.15) is 55.1 Å². The molecule has 3 aromatic rings. The largest absolute Gasteiger partial charge is 0.358 e. The van der Waals surface area contributed by atoms with E-state index in [1.165, 1.54) is 27.7 Å². The summed E-state index contributed by atoms with van der Waals surface area (Å²) in [5, 5.41) is 7.67. The molecule has 1 atom stereocenters. The fourth-order valence-corrected chi connectivity index (χ4v) is 4.42. The minimum atomic E-state index is -0.478. The lowest BCUT2D eigenvalue weighted by molar-refractivity contribution is 0.224. The van der Waals surface area contributed by atoms with Crippen LogP contribution in [0.5, 0.6) is 0 Å².